The molecular formula is C18H13N3O5S. The quantitative estimate of drug-likeness (QED) is 0.369. The van der Waals surface area contributed by atoms with Crippen molar-refractivity contribution in [2.75, 3.05) is 0 Å². The number of cyclic esters (lactones) is 1. The first-order valence-electron chi connectivity index (χ1n) is 7.72. The molecule has 1 aliphatic heterocycles. The molecule has 0 atom stereocenters. The van der Waals surface area contributed by atoms with E-state index in [1.165, 1.54) is 48.6 Å². The van der Waals surface area contributed by atoms with Gasteiger partial charge < -0.3 is 10.1 Å². The number of amides is 1. The molecule has 1 aromatic heterocycles. The molecule has 0 bridgehead atoms. The Morgan fingerprint density at radius 1 is 1.30 bits per heavy atom. The number of thiophene rings is 1. The van der Waals surface area contributed by atoms with Crippen LogP contribution in [0.2, 0.25) is 0 Å². The fourth-order valence-electron chi connectivity index (χ4n) is 2.23. The van der Waals surface area contributed by atoms with E-state index in [2.05, 4.69) is 10.3 Å². The average Bonchev–Trinajstić information content (AvgIpc) is 3.25. The molecule has 2 heterocycles. The molecule has 2 aromatic rings. The number of nitro groups is 1. The standard InChI is InChI=1S/C18H13N3O5S/c1-11(22)19-15(10-14-3-2-8-27-14)17-20-16(18(23)26-17)9-12-4-6-13(7-5-12)21(24)25/h2-10H,1H3,(H,19,22). The molecule has 1 aliphatic rings. The zero-order valence-corrected chi connectivity index (χ0v) is 14.9. The van der Waals surface area contributed by atoms with Crippen LogP contribution in [0.3, 0.4) is 0 Å². The minimum atomic E-state index is -0.675. The Morgan fingerprint density at radius 2 is 2.04 bits per heavy atom. The highest BCUT2D eigenvalue weighted by Gasteiger charge is 2.26. The van der Waals surface area contributed by atoms with E-state index < -0.39 is 10.9 Å². The van der Waals surface area contributed by atoms with E-state index in [4.69, 9.17) is 4.74 Å². The van der Waals surface area contributed by atoms with Crippen LogP contribution in [-0.2, 0) is 14.3 Å². The third-order valence-electron chi connectivity index (χ3n) is 3.40. The summed E-state index contributed by atoms with van der Waals surface area (Å²) in [6, 6.07) is 9.36. The Balaban J connectivity index is 1.91. The van der Waals surface area contributed by atoms with Crippen LogP contribution in [0.4, 0.5) is 5.69 Å². The van der Waals surface area contributed by atoms with Gasteiger partial charge in [-0.1, -0.05) is 6.07 Å². The molecule has 0 unspecified atom stereocenters. The van der Waals surface area contributed by atoms with Crippen LogP contribution in [-0.4, -0.2) is 22.7 Å². The summed E-state index contributed by atoms with van der Waals surface area (Å²) in [5.74, 6) is -1.02. The van der Waals surface area contributed by atoms with E-state index in [9.17, 15) is 19.7 Å². The first-order valence-corrected chi connectivity index (χ1v) is 8.60. The number of rotatable bonds is 5. The zero-order valence-electron chi connectivity index (χ0n) is 14.0. The van der Waals surface area contributed by atoms with Crippen molar-refractivity contribution >= 4 is 47.0 Å². The molecule has 1 amide bonds. The molecule has 27 heavy (non-hydrogen) atoms. The zero-order chi connectivity index (χ0) is 19.4. The summed E-state index contributed by atoms with van der Waals surface area (Å²) in [4.78, 5) is 38.8. The van der Waals surface area contributed by atoms with Crippen molar-refractivity contribution < 1.29 is 19.2 Å². The van der Waals surface area contributed by atoms with E-state index in [-0.39, 0.29) is 28.9 Å². The fraction of sp³-hybridized carbons (Fsp3) is 0.0556. The van der Waals surface area contributed by atoms with Crippen molar-refractivity contribution in [3.05, 3.63) is 73.7 Å². The number of ether oxygens (including phenoxy) is 1. The second-order valence-corrected chi connectivity index (χ2v) is 6.42. The van der Waals surface area contributed by atoms with E-state index in [1.807, 2.05) is 17.5 Å². The van der Waals surface area contributed by atoms with Crippen LogP contribution in [0.1, 0.15) is 17.4 Å². The average molecular weight is 383 g/mol. The molecule has 3 rings (SSSR count). The highest BCUT2D eigenvalue weighted by Crippen LogP contribution is 2.21. The van der Waals surface area contributed by atoms with Crippen LogP contribution in [0.5, 0.6) is 0 Å². The van der Waals surface area contributed by atoms with Crippen LogP contribution in [0, 0.1) is 10.1 Å². The predicted molar refractivity (Wildman–Crippen MR) is 101 cm³/mol. The highest BCUT2D eigenvalue weighted by atomic mass is 32.1. The van der Waals surface area contributed by atoms with Gasteiger partial charge in [-0.15, -0.1) is 11.3 Å². The van der Waals surface area contributed by atoms with Gasteiger partial charge in [0.1, 0.15) is 5.70 Å². The Morgan fingerprint density at radius 3 is 2.63 bits per heavy atom. The maximum Gasteiger partial charge on any atom is 0.363 e. The lowest BCUT2D eigenvalue weighted by molar-refractivity contribution is -0.384. The van der Waals surface area contributed by atoms with Gasteiger partial charge in [0.15, 0.2) is 5.70 Å². The number of aliphatic imine (C=N–C) groups is 1. The first-order chi connectivity index (χ1) is 12.9. The van der Waals surface area contributed by atoms with Crippen molar-refractivity contribution in [2.24, 2.45) is 4.99 Å². The number of non-ortho nitro benzene ring substituents is 1. The first kappa shape index (κ1) is 18.2. The van der Waals surface area contributed by atoms with Gasteiger partial charge in [0, 0.05) is 23.9 Å². The van der Waals surface area contributed by atoms with E-state index >= 15 is 0 Å². The maximum atomic E-state index is 12.1. The second-order valence-electron chi connectivity index (χ2n) is 5.44. The summed E-state index contributed by atoms with van der Waals surface area (Å²) in [6.45, 7) is 1.34. The van der Waals surface area contributed by atoms with Crippen LogP contribution < -0.4 is 5.32 Å². The van der Waals surface area contributed by atoms with E-state index in [0.29, 0.717) is 5.56 Å². The molecule has 0 spiro atoms. The summed E-state index contributed by atoms with van der Waals surface area (Å²) >= 11 is 1.45. The van der Waals surface area contributed by atoms with Gasteiger partial charge >= 0.3 is 5.97 Å². The molecule has 1 aromatic carbocycles. The molecule has 0 fully saturated rings. The van der Waals surface area contributed by atoms with Crippen molar-refractivity contribution in [2.45, 2.75) is 6.92 Å². The number of esters is 1. The Bertz CT molecular complexity index is 989. The Kier molecular flexibility index (Phi) is 5.23. The van der Waals surface area contributed by atoms with Crippen molar-refractivity contribution in [1.29, 1.82) is 0 Å². The summed E-state index contributed by atoms with van der Waals surface area (Å²) in [6.07, 6.45) is 3.11. The molecule has 0 radical (unpaired) electrons. The van der Waals surface area contributed by atoms with E-state index in [0.717, 1.165) is 4.88 Å². The molecule has 8 nitrogen and oxygen atoms in total. The molecule has 136 valence electrons. The summed E-state index contributed by atoms with van der Waals surface area (Å²) in [5.41, 5.74) is 0.801. The number of hydrogen-bond acceptors (Lipinski definition) is 7. The number of benzene rings is 1. The molecule has 0 saturated carbocycles. The smallest absolute Gasteiger partial charge is 0.363 e. The number of nitrogens with one attached hydrogen (secondary N) is 1. The Hall–Kier alpha value is -3.59. The topological polar surface area (TPSA) is 111 Å². The maximum absolute atomic E-state index is 12.1. The van der Waals surface area contributed by atoms with Crippen molar-refractivity contribution in [3.8, 4) is 0 Å². The van der Waals surface area contributed by atoms with Gasteiger partial charge in [-0.05, 0) is 41.3 Å². The SMILES string of the molecule is CC(=O)NC(=Cc1cccs1)C1=NC(=Cc2ccc([N+](=O)[O-])cc2)C(=O)O1. The number of carbonyl (C=O) groups is 2. The summed E-state index contributed by atoms with van der Waals surface area (Å²) < 4.78 is 5.18. The highest BCUT2D eigenvalue weighted by molar-refractivity contribution is 7.10. The lowest BCUT2D eigenvalue weighted by atomic mass is 10.2. The monoisotopic (exact) mass is 383 g/mol. The van der Waals surface area contributed by atoms with Crippen molar-refractivity contribution in [3.63, 3.8) is 0 Å². The van der Waals surface area contributed by atoms with Crippen LogP contribution in [0.25, 0.3) is 12.2 Å². The van der Waals surface area contributed by atoms with Crippen LogP contribution in [0.15, 0.2) is 58.2 Å². The second kappa shape index (κ2) is 7.75. The minimum absolute atomic E-state index is 0.0169. The van der Waals surface area contributed by atoms with Gasteiger partial charge in [0.2, 0.25) is 11.8 Å². The van der Waals surface area contributed by atoms with E-state index in [1.54, 1.807) is 6.08 Å². The molecule has 9 heteroatoms. The molecule has 0 aliphatic carbocycles. The third-order valence-corrected chi connectivity index (χ3v) is 4.22. The lowest BCUT2D eigenvalue weighted by Crippen LogP contribution is -2.25. The number of hydrogen-bond donors (Lipinski definition) is 1. The Labute approximate surface area is 157 Å². The predicted octanol–water partition coefficient (Wildman–Crippen LogP) is 3.13. The van der Waals surface area contributed by atoms with Gasteiger partial charge in [-0.3, -0.25) is 14.9 Å². The van der Waals surface area contributed by atoms with Gasteiger partial charge in [-0.2, -0.15) is 0 Å². The van der Waals surface area contributed by atoms with Gasteiger partial charge in [0.25, 0.3) is 5.69 Å². The number of nitro benzene ring substituents is 1. The largest absolute Gasteiger partial charge is 0.400 e. The number of nitrogens with zero attached hydrogens (tertiary/aromatic N) is 2. The molecule has 1 N–H and O–H groups in total. The summed E-state index contributed by atoms with van der Waals surface area (Å²) in [5, 5.41) is 15.2. The van der Waals surface area contributed by atoms with Crippen molar-refractivity contribution in [1.82, 2.24) is 5.32 Å². The van der Waals surface area contributed by atoms with Gasteiger partial charge in [0.05, 0.1) is 4.92 Å². The van der Waals surface area contributed by atoms with Gasteiger partial charge in [-0.25, -0.2) is 9.79 Å². The fourth-order valence-corrected chi connectivity index (χ4v) is 2.89. The minimum Gasteiger partial charge on any atom is -0.400 e. The summed E-state index contributed by atoms with van der Waals surface area (Å²) in [7, 11) is 0. The normalized spacial score (nSPS) is 15.4. The number of carbonyl (C=O) groups excluding carboxylic acids is 2. The molecule has 0 saturated heterocycles. The molecular weight excluding hydrogens is 370 g/mol. The lowest BCUT2D eigenvalue weighted by Gasteiger charge is -2.05. The third kappa shape index (κ3) is 4.53. The van der Waals surface area contributed by atoms with Crippen LogP contribution >= 0.6 is 11.3 Å².